The molecule has 9 aromatic carbocycles. The van der Waals surface area contributed by atoms with Gasteiger partial charge < -0.3 is 13.7 Å². The van der Waals surface area contributed by atoms with Gasteiger partial charge in [-0.1, -0.05) is 140 Å². The first-order valence-electron chi connectivity index (χ1n) is 18.7. The Labute approximate surface area is 317 Å². The van der Waals surface area contributed by atoms with Crippen LogP contribution < -0.4 is 4.90 Å². The minimum absolute atomic E-state index is 0.898. The lowest BCUT2D eigenvalue weighted by Gasteiger charge is -2.26. The van der Waals surface area contributed by atoms with Crippen LogP contribution in [0.2, 0.25) is 0 Å². The molecule has 3 nitrogen and oxygen atoms in total. The molecule has 0 N–H and O–H groups in total. The zero-order valence-electron chi connectivity index (χ0n) is 29.8. The topological polar surface area (TPSA) is 29.5 Å². The van der Waals surface area contributed by atoms with Gasteiger partial charge in [0.05, 0.1) is 0 Å². The second-order valence-electron chi connectivity index (χ2n) is 14.1. The summed E-state index contributed by atoms with van der Waals surface area (Å²) >= 11 is 0. The van der Waals surface area contributed by atoms with E-state index in [1.165, 1.54) is 22.1 Å². The van der Waals surface area contributed by atoms with Crippen molar-refractivity contribution in [2.24, 2.45) is 0 Å². The highest BCUT2D eigenvalue weighted by molar-refractivity contribution is 6.13. The number of anilines is 3. The molecular weight excluding hydrogens is 671 g/mol. The summed E-state index contributed by atoms with van der Waals surface area (Å²) in [7, 11) is 0. The molecule has 2 heterocycles. The highest BCUT2D eigenvalue weighted by Gasteiger charge is 2.18. The quantitative estimate of drug-likeness (QED) is 0.173. The third-order valence-corrected chi connectivity index (χ3v) is 10.9. The smallest absolute Gasteiger partial charge is 0.143 e. The van der Waals surface area contributed by atoms with E-state index in [2.05, 4.69) is 181 Å². The summed E-state index contributed by atoms with van der Waals surface area (Å²) in [5.74, 6) is 0. The molecule has 258 valence electrons. The number of rotatable bonds is 6. The van der Waals surface area contributed by atoms with Gasteiger partial charge in [-0.2, -0.15) is 0 Å². The van der Waals surface area contributed by atoms with Crippen molar-refractivity contribution in [2.45, 2.75) is 0 Å². The minimum Gasteiger partial charge on any atom is -0.456 e. The summed E-state index contributed by atoms with van der Waals surface area (Å²) in [6, 6.07) is 71.0. The number of hydrogen-bond acceptors (Lipinski definition) is 3. The molecule has 11 rings (SSSR count). The van der Waals surface area contributed by atoms with Crippen molar-refractivity contribution < 1.29 is 8.83 Å². The summed E-state index contributed by atoms with van der Waals surface area (Å²) in [4.78, 5) is 2.34. The molecule has 0 radical (unpaired) electrons. The van der Waals surface area contributed by atoms with Gasteiger partial charge in [0, 0.05) is 44.2 Å². The Bertz CT molecular complexity index is 3190. The maximum Gasteiger partial charge on any atom is 0.143 e. The van der Waals surface area contributed by atoms with Gasteiger partial charge in [0.1, 0.15) is 22.3 Å². The van der Waals surface area contributed by atoms with E-state index in [0.29, 0.717) is 0 Å². The van der Waals surface area contributed by atoms with Crippen LogP contribution in [0, 0.1) is 0 Å². The lowest BCUT2D eigenvalue weighted by atomic mass is 9.96. The zero-order valence-corrected chi connectivity index (χ0v) is 29.8. The number of benzene rings is 9. The van der Waals surface area contributed by atoms with Crippen LogP contribution in [-0.4, -0.2) is 0 Å². The number of fused-ring (bicyclic) bond motifs is 7. The standard InChI is InChI=1S/C52H33NO2/c1-2-11-34(12-3-1)35-23-27-39(28-24-35)53(41-15-8-13-37(31-41)43-19-10-20-46-44-16-4-7-22-50(44)55-52(43)46)40-29-25-36(26-30-40)42-18-9-14-38-32-51-48(33-47(38)42)45-17-5-6-21-49(45)54-51/h1-33H. The predicted octanol–water partition coefficient (Wildman–Crippen LogP) is 15.1. The monoisotopic (exact) mass is 703 g/mol. The van der Waals surface area contributed by atoms with Gasteiger partial charge in [0.25, 0.3) is 0 Å². The van der Waals surface area contributed by atoms with E-state index in [-0.39, 0.29) is 0 Å². The van der Waals surface area contributed by atoms with E-state index in [0.717, 1.165) is 83.0 Å². The molecule has 0 unspecified atom stereocenters. The minimum atomic E-state index is 0.898. The summed E-state index contributed by atoms with van der Waals surface area (Å²) in [5, 5.41) is 6.88. The summed E-state index contributed by atoms with van der Waals surface area (Å²) < 4.78 is 12.7. The maximum atomic E-state index is 6.47. The molecule has 2 aromatic heterocycles. The molecule has 3 heteroatoms. The molecule has 0 amide bonds. The molecule has 0 aliphatic carbocycles. The fraction of sp³-hybridized carbons (Fsp3) is 0. The van der Waals surface area contributed by atoms with E-state index in [4.69, 9.17) is 8.83 Å². The van der Waals surface area contributed by atoms with Crippen molar-refractivity contribution in [3.63, 3.8) is 0 Å². The van der Waals surface area contributed by atoms with Crippen LogP contribution in [0.25, 0.3) is 88.0 Å². The molecule has 0 saturated heterocycles. The third kappa shape index (κ3) is 5.28. The SMILES string of the molecule is c1ccc(-c2ccc(N(c3ccc(-c4cccc5cc6oc7ccccc7c6cc45)cc3)c3cccc(-c4cccc5c4oc4ccccc45)c3)cc2)cc1. The summed E-state index contributed by atoms with van der Waals surface area (Å²) in [5.41, 5.74) is 13.7. The van der Waals surface area contributed by atoms with Crippen LogP contribution in [0.4, 0.5) is 17.1 Å². The zero-order chi connectivity index (χ0) is 36.3. The molecule has 0 aliphatic rings. The lowest BCUT2D eigenvalue weighted by Crippen LogP contribution is -2.10. The fourth-order valence-electron chi connectivity index (χ4n) is 8.21. The van der Waals surface area contributed by atoms with Crippen molar-refractivity contribution in [1.29, 1.82) is 0 Å². The Morgan fingerprint density at radius 1 is 0.291 bits per heavy atom. The van der Waals surface area contributed by atoms with Crippen LogP contribution >= 0.6 is 0 Å². The number of para-hydroxylation sites is 3. The molecule has 0 bridgehead atoms. The van der Waals surface area contributed by atoms with E-state index in [1.54, 1.807) is 0 Å². The van der Waals surface area contributed by atoms with Crippen molar-refractivity contribution in [3.8, 4) is 33.4 Å². The van der Waals surface area contributed by atoms with Crippen molar-refractivity contribution in [3.05, 3.63) is 200 Å². The average molecular weight is 704 g/mol. The molecule has 11 aromatic rings. The lowest BCUT2D eigenvalue weighted by molar-refractivity contribution is 0.669. The number of hydrogen-bond donors (Lipinski definition) is 0. The van der Waals surface area contributed by atoms with Gasteiger partial charge in [-0.05, 0) is 99.3 Å². The maximum absolute atomic E-state index is 6.47. The average Bonchev–Trinajstić information content (AvgIpc) is 3.82. The van der Waals surface area contributed by atoms with Gasteiger partial charge in [-0.3, -0.25) is 0 Å². The van der Waals surface area contributed by atoms with E-state index >= 15 is 0 Å². The molecule has 0 fully saturated rings. The second-order valence-corrected chi connectivity index (χ2v) is 14.1. The number of nitrogens with zero attached hydrogens (tertiary/aromatic N) is 1. The first-order valence-corrected chi connectivity index (χ1v) is 18.7. The van der Waals surface area contributed by atoms with Crippen LogP contribution in [0.1, 0.15) is 0 Å². The molecular formula is C52H33NO2. The van der Waals surface area contributed by atoms with Gasteiger partial charge in [-0.15, -0.1) is 0 Å². The molecule has 55 heavy (non-hydrogen) atoms. The first kappa shape index (κ1) is 31.2. The van der Waals surface area contributed by atoms with Crippen molar-refractivity contribution in [2.75, 3.05) is 4.90 Å². The van der Waals surface area contributed by atoms with E-state index in [1.807, 2.05) is 24.3 Å². The summed E-state index contributed by atoms with van der Waals surface area (Å²) in [6.45, 7) is 0. The van der Waals surface area contributed by atoms with Gasteiger partial charge >= 0.3 is 0 Å². The Balaban J connectivity index is 1.03. The van der Waals surface area contributed by atoms with Gasteiger partial charge in [0.2, 0.25) is 0 Å². The van der Waals surface area contributed by atoms with Crippen LogP contribution in [0.15, 0.2) is 209 Å². The van der Waals surface area contributed by atoms with Crippen molar-refractivity contribution in [1.82, 2.24) is 0 Å². The summed E-state index contributed by atoms with van der Waals surface area (Å²) in [6.07, 6.45) is 0. The Morgan fingerprint density at radius 3 is 1.65 bits per heavy atom. The largest absolute Gasteiger partial charge is 0.456 e. The molecule has 0 atom stereocenters. The highest BCUT2D eigenvalue weighted by Crippen LogP contribution is 2.42. The Hall–Kier alpha value is -7.36. The van der Waals surface area contributed by atoms with Crippen LogP contribution in [0.3, 0.4) is 0 Å². The van der Waals surface area contributed by atoms with Gasteiger partial charge in [-0.25, -0.2) is 0 Å². The first-order chi connectivity index (χ1) is 27.2. The Morgan fingerprint density at radius 2 is 0.873 bits per heavy atom. The third-order valence-electron chi connectivity index (χ3n) is 10.9. The van der Waals surface area contributed by atoms with Crippen LogP contribution in [0.5, 0.6) is 0 Å². The Kier molecular flexibility index (Phi) is 7.17. The van der Waals surface area contributed by atoms with E-state index in [9.17, 15) is 0 Å². The highest BCUT2D eigenvalue weighted by atomic mass is 16.3. The normalized spacial score (nSPS) is 11.6. The molecule has 0 spiro atoms. The van der Waals surface area contributed by atoms with Crippen LogP contribution in [-0.2, 0) is 0 Å². The fourth-order valence-corrected chi connectivity index (χ4v) is 8.21. The number of furan rings is 2. The molecule has 0 aliphatic heterocycles. The van der Waals surface area contributed by atoms with E-state index < -0.39 is 0 Å². The second kappa shape index (κ2) is 12.6. The van der Waals surface area contributed by atoms with Gasteiger partial charge in [0.15, 0.2) is 0 Å². The predicted molar refractivity (Wildman–Crippen MR) is 229 cm³/mol. The molecule has 0 saturated carbocycles. The van der Waals surface area contributed by atoms with Crippen molar-refractivity contribution >= 4 is 71.7 Å².